The van der Waals surface area contributed by atoms with Crippen LogP contribution in [0.2, 0.25) is 5.28 Å². The number of ether oxygens (including phenoxy) is 1. The van der Waals surface area contributed by atoms with Crippen LogP contribution in [-0.4, -0.2) is 35.1 Å². The molecule has 1 unspecified atom stereocenters. The first-order valence-corrected chi connectivity index (χ1v) is 10.6. The lowest BCUT2D eigenvalue weighted by Crippen LogP contribution is -2.39. The number of anilines is 1. The summed E-state index contributed by atoms with van der Waals surface area (Å²) in [4.78, 5) is 15.4. The summed E-state index contributed by atoms with van der Waals surface area (Å²) in [5, 5.41) is 3.33. The molecule has 2 amide bonds. The fraction of sp³-hybridized carbons (Fsp3) is 0.824. The van der Waals surface area contributed by atoms with Gasteiger partial charge in [-0.05, 0) is 30.4 Å². The number of carbonyl (C=O) groups is 1. The van der Waals surface area contributed by atoms with Gasteiger partial charge in [0.25, 0.3) is 0 Å². The number of nitrogens with one attached hydrogen (secondary N) is 3. The molecule has 0 radical (unpaired) electrons. The molecule has 0 aliphatic carbocycles. The highest BCUT2D eigenvalue weighted by Gasteiger charge is 2.04. The van der Waals surface area contributed by atoms with Gasteiger partial charge in [0.05, 0.1) is 0 Å². The molecular weight excluding hydrogens is 374 g/mol. The van der Waals surface area contributed by atoms with Gasteiger partial charge in [0.2, 0.25) is 10.4 Å². The summed E-state index contributed by atoms with van der Waals surface area (Å²) >= 11 is 6.66. The molecule has 3 N–H and O–H groups in total. The van der Waals surface area contributed by atoms with Crippen LogP contribution < -0.4 is 16.2 Å². The molecule has 7 nitrogen and oxygen atoms in total. The predicted molar refractivity (Wildman–Crippen MR) is 108 cm³/mol. The Kier molecular flexibility index (Phi) is 13.2. The lowest BCUT2D eigenvalue weighted by atomic mass is 10.0. The molecule has 0 fully saturated rings. The van der Waals surface area contributed by atoms with E-state index in [9.17, 15) is 4.79 Å². The Labute approximate surface area is 165 Å². The number of hydrogen-bond acceptors (Lipinski definition) is 6. The Bertz CT molecular complexity index is 489. The molecule has 26 heavy (non-hydrogen) atoms. The van der Waals surface area contributed by atoms with Gasteiger partial charge < -0.3 is 10.1 Å². The smallest absolute Gasteiger partial charge is 0.333 e. The fourth-order valence-corrected chi connectivity index (χ4v) is 3.09. The second-order valence-corrected chi connectivity index (χ2v) is 7.55. The minimum Gasteiger partial charge on any atom is -0.381 e. The zero-order valence-electron chi connectivity index (χ0n) is 15.9. The van der Waals surface area contributed by atoms with Crippen molar-refractivity contribution in [1.29, 1.82) is 0 Å². The van der Waals surface area contributed by atoms with E-state index < -0.39 is 0 Å². The number of unbranched alkanes of at least 4 members (excludes halogenated alkanes) is 5. The fourth-order valence-electron chi connectivity index (χ4n) is 2.43. The van der Waals surface area contributed by atoms with E-state index in [0.717, 1.165) is 24.6 Å². The molecule has 150 valence electrons. The maximum absolute atomic E-state index is 11.6. The molecule has 0 aliphatic heterocycles. The zero-order valence-corrected chi connectivity index (χ0v) is 17.4. The summed E-state index contributed by atoms with van der Waals surface area (Å²) in [6.07, 6.45) is 10.0. The number of urea groups is 1. The van der Waals surface area contributed by atoms with Crippen molar-refractivity contribution < 1.29 is 9.53 Å². The first kappa shape index (κ1) is 22.9. The Hall–Kier alpha value is -1.12. The van der Waals surface area contributed by atoms with Gasteiger partial charge in [-0.3, -0.25) is 5.43 Å². The molecule has 1 atom stereocenters. The molecule has 0 bridgehead atoms. The topological polar surface area (TPSA) is 88.2 Å². The molecule has 0 aromatic carbocycles. The van der Waals surface area contributed by atoms with Gasteiger partial charge in [-0.2, -0.15) is 9.36 Å². The van der Waals surface area contributed by atoms with Gasteiger partial charge in [-0.15, -0.1) is 0 Å². The van der Waals surface area contributed by atoms with Crippen molar-refractivity contribution in [2.75, 3.05) is 25.2 Å². The molecule has 0 spiro atoms. The van der Waals surface area contributed by atoms with E-state index in [1.807, 2.05) is 0 Å². The third kappa shape index (κ3) is 12.3. The Morgan fingerprint density at radius 1 is 1.23 bits per heavy atom. The molecule has 0 saturated carbocycles. The van der Waals surface area contributed by atoms with E-state index in [1.54, 1.807) is 0 Å². The summed E-state index contributed by atoms with van der Waals surface area (Å²) in [5.41, 5.74) is 5.11. The Morgan fingerprint density at radius 3 is 2.73 bits per heavy atom. The van der Waals surface area contributed by atoms with Gasteiger partial charge in [0, 0.05) is 31.3 Å². The van der Waals surface area contributed by atoms with Gasteiger partial charge >= 0.3 is 6.03 Å². The Morgan fingerprint density at radius 2 is 2.00 bits per heavy atom. The van der Waals surface area contributed by atoms with Crippen LogP contribution in [-0.2, 0) is 4.74 Å². The summed E-state index contributed by atoms with van der Waals surface area (Å²) in [7, 11) is 0. The first-order valence-electron chi connectivity index (χ1n) is 9.48. The molecule has 9 heteroatoms. The minimum atomic E-state index is -0.326. The van der Waals surface area contributed by atoms with Crippen molar-refractivity contribution in [3.8, 4) is 0 Å². The van der Waals surface area contributed by atoms with Crippen LogP contribution in [0.15, 0.2) is 0 Å². The summed E-state index contributed by atoms with van der Waals surface area (Å²) in [6, 6.07) is -0.326. The van der Waals surface area contributed by atoms with Crippen LogP contribution in [0.5, 0.6) is 0 Å². The SMILES string of the molecule is CCCCCCCCC(C)COCCCNC(=O)NNc1nc(Cl)ns1. The lowest BCUT2D eigenvalue weighted by Gasteiger charge is -2.12. The van der Waals surface area contributed by atoms with Crippen LogP contribution in [0.4, 0.5) is 9.93 Å². The van der Waals surface area contributed by atoms with Gasteiger partial charge in [-0.25, -0.2) is 10.2 Å². The molecule has 1 aromatic rings. The minimum absolute atomic E-state index is 0.155. The number of nitrogens with zero attached hydrogens (tertiary/aromatic N) is 2. The number of halogens is 1. The van der Waals surface area contributed by atoms with E-state index in [-0.39, 0.29) is 11.3 Å². The Balaban J connectivity index is 1.88. The van der Waals surface area contributed by atoms with Gasteiger partial charge in [0.15, 0.2) is 0 Å². The summed E-state index contributed by atoms with van der Waals surface area (Å²) < 4.78 is 9.47. The van der Waals surface area contributed by atoms with Crippen molar-refractivity contribution in [1.82, 2.24) is 20.1 Å². The highest BCUT2D eigenvalue weighted by molar-refractivity contribution is 7.09. The standard InChI is InChI=1S/C17H32ClN5O2S/c1-3-4-5-6-7-8-10-14(2)13-25-12-9-11-19-16(24)21-22-17-20-15(18)23-26-17/h14H,3-13H2,1-2H3,(H2,19,21,24)(H,20,22,23). The van der Waals surface area contributed by atoms with Crippen molar-refractivity contribution in [3.05, 3.63) is 5.28 Å². The maximum atomic E-state index is 11.6. The first-order chi connectivity index (χ1) is 12.6. The van der Waals surface area contributed by atoms with Crippen molar-refractivity contribution in [3.63, 3.8) is 0 Å². The number of amides is 2. The quantitative estimate of drug-likeness (QED) is 0.293. The average molecular weight is 406 g/mol. The van der Waals surface area contributed by atoms with Gasteiger partial charge in [0.1, 0.15) is 0 Å². The predicted octanol–water partition coefficient (Wildman–Crippen LogP) is 4.61. The molecule has 1 aromatic heterocycles. The third-order valence-electron chi connectivity index (χ3n) is 3.89. The van der Waals surface area contributed by atoms with E-state index in [0.29, 0.717) is 24.2 Å². The normalized spacial score (nSPS) is 12.0. The monoisotopic (exact) mass is 405 g/mol. The number of hydrogen-bond donors (Lipinski definition) is 3. The number of hydrazine groups is 1. The number of carbonyl (C=O) groups excluding carboxylic acids is 1. The largest absolute Gasteiger partial charge is 0.381 e. The van der Waals surface area contributed by atoms with E-state index in [2.05, 4.69) is 39.4 Å². The van der Waals surface area contributed by atoms with Crippen LogP contribution in [0.3, 0.4) is 0 Å². The summed E-state index contributed by atoms with van der Waals surface area (Å²) in [6.45, 7) is 6.48. The molecule has 1 rings (SSSR count). The average Bonchev–Trinajstić information content (AvgIpc) is 3.04. The van der Waals surface area contributed by atoms with Crippen molar-refractivity contribution in [2.24, 2.45) is 5.92 Å². The van der Waals surface area contributed by atoms with E-state index in [1.165, 1.54) is 44.9 Å². The van der Waals surface area contributed by atoms with Crippen molar-refractivity contribution >= 4 is 34.3 Å². The second kappa shape index (κ2) is 15.0. The van der Waals surface area contributed by atoms with Crippen LogP contribution >= 0.6 is 23.1 Å². The molecule has 1 heterocycles. The van der Waals surface area contributed by atoms with E-state index >= 15 is 0 Å². The molecule has 0 aliphatic rings. The van der Waals surface area contributed by atoms with Crippen LogP contribution in [0.25, 0.3) is 0 Å². The van der Waals surface area contributed by atoms with Crippen LogP contribution in [0, 0.1) is 5.92 Å². The van der Waals surface area contributed by atoms with E-state index in [4.69, 9.17) is 16.3 Å². The summed E-state index contributed by atoms with van der Waals surface area (Å²) in [5.74, 6) is 0.598. The molecule has 0 saturated heterocycles. The van der Waals surface area contributed by atoms with Crippen LogP contribution in [0.1, 0.15) is 65.2 Å². The second-order valence-electron chi connectivity index (χ2n) is 6.46. The lowest BCUT2D eigenvalue weighted by molar-refractivity contribution is 0.0993. The number of rotatable bonds is 15. The highest BCUT2D eigenvalue weighted by atomic mass is 35.5. The number of aromatic nitrogens is 2. The molecular formula is C17H32ClN5O2S. The van der Waals surface area contributed by atoms with Crippen molar-refractivity contribution in [2.45, 2.75) is 65.2 Å². The highest BCUT2D eigenvalue weighted by Crippen LogP contribution is 2.13. The third-order valence-corrected chi connectivity index (χ3v) is 4.79. The zero-order chi connectivity index (χ0) is 19.0. The van der Waals surface area contributed by atoms with Gasteiger partial charge in [-0.1, -0.05) is 52.4 Å². The maximum Gasteiger partial charge on any atom is 0.333 e.